The first kappa shape index (κ1) is 12.6. The van der Waals surface area contributed by atoms with Gasteiger partial charge in [0.05, 0.1) is 5.92 Å². The number of halogens is 1. The van der Waals surface area contributed by atoms with Crippen molar-refractivity contribution < 1.29 is 4.74 Å². The number of ether oxygens (including phenoxy) is 1. The Morgan fingerprint density at radius 3 is 3.00 bits per heavy atom. The predicted molar refractivity (Wildman–Crippen MR) is 74.1 cm³/mol. The molecule has 20 heavy (non-hydrogen) atoms. The lowest BCUT2D eigenvalue weighted by Crippen LogP contribution is -2.21. The summed E-state index contributed by atoms with van der Waals surface area (Å²) in [6, 6.07) is 9.47. The van der Waals surface area contributed by atoms with Crippen LogP contribution in [-0.4, -0.2) is 10.2 Å². The lowest BCUT2D eigenvalue weighted by atomic mass is 9.84. The van der Waals surface area contributed by atoms with Crippen molar-refractivity contribution in [1.82, 2.24) is 10.2 Å². The van der Waals surface area contributed by atoms with Crippen LogP contribution in [0.1, 0.15) is 22.7 Å². The molecule has 2 aromatic rings. The third-order valence-corrected chi connectivity index (χ3v) is 3.55. The van der Waals surface area contributed by atoms with E-state index in [0.29, 0.717) is 16.5 Å². The number of aromatic amines is 1. The molecule has 0 bridgehead atoms. The number of aryl methyl sites for hydroxylation is 1. The zero-order chi connectivity index (χ0) is 14.3. The quantitative estimate of drug-likeness (QED) is 0.843. The van der Waals surface area contributed by atoms with Gasteiger partial charge in [-0.3, -0.25) is 5.10 Å². The molecule has 0 saturated carbocycles. The molecule has 1 atom stereocenters. The van der Waals surface area contributed by atoms with Gasteiger partial charge in [-0.1, -0.05) is 23.7 Å². The van der Waals surface area contributed by atoms with Crippen molar-refractivity contribution in [3.05, 3.63) is 57.6 Å². The number of H-pyrrole nitrogens is 1. The van der Waals surface area contributed by atoms with Crippen molar-refractivity contribution in [1.29, 1.82) is 5.26 Å². The molecule has 3 N–H and O–H groups in total. The molecule has 0 aliphatic carbocycles. The summed E-state index contributed by atoms with van der Waals surface area (Å²) in [7, 11) is 0. The van der Waals surface area contributed by atoms with E-state index >= 15 is 0 Å². The first-order valence-corrected chi connectivity index (χ1v) is 6.37. The van der Waals surface area contributed by atoms with E-state index in [4.69, 9.17) is 22.1 Å². The number of aromatic nitrogens is 2. The van der Waals surface area contributed by atoms with Crippen LogP contribution >= 0.6 is 11.6 Å². The average Bonchev–Trinajstić information content (AvgIpc) is 2.78. The van der Waals surface area contributed by atoms with Gasteiger partial charge in [-0.2, -0.15) is 5.26 Å². The Balaban J connectivity index is 2.25. The van der Waals surface area contributed by atoms with Crippen LogP contribution < -0.4 is 10.5 Å². The summed E-state index contributed by atoms with van der Waals surface area (Å²) >= 11 is 6.05. The third kappa shape index (κ3) is 1.82. The zero-order valence-electron chi connectivity index (χ0n) is 10.6. The molecule has 1 aromatic heterocycles. The van der Waals surface area contributed by atoms with Gasteiger partial charge >= 0.3 is 0 Å². The van der Waals surface area contributed by atoms with Gasteiger partial charge in [0.2, 0.25) is 11.8 Å². The fraction of sp³-hybridized carbons (Fsp3) is 0.143. The van der Waals surface area contributed by atoms with Crippen molar-refractivity contribution >= 4 is 11.6 Å². The fourth-order valence-electron chi connectivity index (χ4n) is 2.42. The van der Waals surface area contributed by atoms with Crippen molar-refractivity contribution in [2.75, 3.05) is 0 Å². The first-order chi connectivity index (χ1) is 9.61. The molecule has 1 aliphatic heterocycles. The van der Waals surface area contributed by atoms with Crippen LogP contribution in [0.3, 0.4) is 0 Å². The number of hydrogen-bond acceptors (Lipinski definition) is 4. The SMILES string of the molecule is Cc1[nH]nc2c1[C@@H](c1cccc(Cl)c1)C(C#N)=C(N)O2. The molecule has 0 unspecified atom stereocenters. The molecule has 2 heterocycles. The van der Waals surface area contributed by atoms with Gasteiger partial charge in [0.25, 0.3) is 0 Å². The highest BCUT2D eigenvalue weighted by atomic mass is 35.5. The number of allylic oxidation sites excluding steroid dienone is 1. The van der Waals surface area contributed by atoms with Crippen LogP contribution in [0.5, 0.6) is 5.88 Å². The molecule has 100 valence electrons. The van der Waals surface area contributed by atoms with Gasteiger partial charge in [0.1, 0.15) is 11.6 Å². The largest absolute Gasteiger partial charge is 0.420 e. The van der Waals surface area contributed by atoms with Crippen molar-refractivity contribution in [2.24, 2.45) is 5.73 Å². The molecule has 5 nitrogen and oxygen atoms in total. The molecular formula is C14H11ClN4O. The highest BCUT2D eigenvalue weighted by Gasteiger charge is 2.34. The molecule has 1 aromatic carbocycles. The Morgan fingerprint density at radius 2 is 2.30 bits per heavy atom. The van der Waals surface area contributed by atoms with Gasteiger partial charge in [0.15, 0.2) is 0 Å². The summed E-state index contributed by atoms with van der Waals surface area (Å²) in [5.74, 6) is 0.168. The minimum atomic E-state index is -0.318. The fourth-order valence-corrected chi connectivity index (χ4v) is 2.62. The van der Waals surface area contributed by atoms with E-state index in [-0.39, 0.29) is 11.8 Å². The standard InChI is InChI=1S/C14H11ClN4O/c1-7-11-12(8-3-2-4-9(15)5-8)10(6-16)13(17)20-14(11)19-18-7/h2-5,12H,17H2,1H3,(H,18,19)/t12-/m0/s1. The van der Waals surface area contributed by atoms with Crippen LogP contribution in [-0.2, 0) is 0 Å². The number of fused-ring (bicyclic) bond motifs is 1. The van der Waals surface area contributed by atoms with Crippen LogP contribution in [0, 0.1) is 18.3 Å². The van der Waals surface area contributed by atoms with Crippen LogP contribution in [0.2, 0.25) is 5.02 Å². The Morgan fingerprint density at radius 1 is 1.50 bits per heavy atom. The molecule has 0 radical (unpaired) electrons. The minimum Gasteiger partial charge on any atom is -0.420 e. The Labute approximate surface area is 120 Å². The van der Waals surface area contributed by atoms with E-state index in [2.05, 4.69) is 16.3 Å². The highest BCUT2D eigenvalue weighted by Crippen LogP contribution is 2.42. The van der Waals surface area contributed by atoms with Crippen LogP contribution in [0.15, 0.2) is 35.7 Å². The minimum absolute atomic E-state index is 0.0801. The maximum Gasteiger partial charge on any atom is 0.244 e. The normalized spacial score (nSPS) is 17.4. The van der Waals surface area contributed by atoms with E-state index in [1.807, 2.05) is 25.1 Å². The second-order valence-corrected chi connectivity index (χ2v) is 4.98. The van der Waals surface area contributed by atoms with Gasteiger partial charge in [0, 0.05) is 16.3 Å². The second kappa shape index (κ2) is 4.58. The van der Waals surface area contributed by atoms with Gasteiger partial charge in [-0.05, 0) is 24.6 Å². The summed E-state index contributed by atoms with van der Waals surface area (Å²) in [5.41, 5.74) is 8.73. The number of nitrogens with one attached hydrogen (secondary N) is 1. The van der Waals surface area contributed by atoms with E-state index < -0.39 is 0 Å². The molecule has 1 aliphatic rings. The molecule has 3 rings (SSSR count). The Hall–Kier alpha value is -2.45. The summed E-state index contributed by atoms with van der Waals surface area (Å²) in [5, 5.41) is 16.9. The number of rotatable bonds is 1. The first-order valence-electron chi connectivity index (χ1n) is 5.99. The number of nitrogens with two attached hydrogens (primary N) is 1. The van der Waals surface area contributed by atoms with E-state index in [1.54, 1.807) is 6.07 Å². The molecular weight excluding hydrogens is 276 g/mol. The summed E-state index contributed by atoms with van der Waals surface area (Å²) in [4.78, 5) is 0. The van der Waals surface area contributed by atoms with Gasteiger partial charge in [-0.15, -0.1) is 5.10 Å². The average molecular weight is 287 g/mol. The molecule has 0 saturated heterocycles. The molecule has 0 fully saturated rings. The Bertz CT molecular complexity index is 757. The van der Waals surface area contributed by atoms with Crippen LogP contribution in [0.4, 0.5) is 0 Å². The number of nitrogens with zero attached hydrogens (tertiary/aromatic N) is 2. The zero-order valence-corrected chi connectivity index (χ0v) is 11.4. The summed E-state index contributed by atoms with van der Waals surface area (Å²) in [6.07, 6.45) is 0. The van der Waals surface area contributed by atoms with Crippen LogP contribution in [0.25, 0.3) is 0 Å². The maximum atomic E-state index is 9.38. The van der Waals surface area contributed by atoms with E-state index in [9.17, 15) is 5.26 Å². The number of benzene rings is 1. The Kier molecular flexibility index (Phi) is 2.88. The van der Waals surface area contributed by atoms with Crippen molar-refractivity contribution in [2.45, 2.75) is 12.8 Å². The topological polar surface area (TPSA) is 87.7 Å². The monoisotopic (exact) mass is 286 g/mol. The molecule has 6 heteroatoms. The molecule has 0 spiro atoms. The van der Waals surface area contributed by atoms with Gasteiger partial charge in [-0.25, -0.2) is 0 Å². The second-order valence-electron chi connectivity index (χ2n) is 4.55. The predicted octanol–water partition coefficient (Wildman–Crippen LogP) is 2.59. The third-order valence-electron chi connectivity index (χ3n) is 3.31. The smallest absolute Gasteiger partial charge is 0.244 e. The lowest BCUT2D eigenvalue weighted by Gasteiger charge is -2.23. The molecule has 0 amide bonds. The van der Waals surface area contributed by atoms with E-state index in [0.717, 1.165) is 16.8 Å². The maximum absolute atomic E-state index is 9.38. The lowest BCUT2D eigenvalue weighted by molar-refractivity contribution is 0.379. The highest BCUT2D eigenvalue weighted by molar-refractivity contribution is 6.30. The van der Waals surface area contributed by atoms with Crippen molar-refractivity contribution in [3.63, 3.8) is 0 Å². The van der Waals surface area contributed by atoms with E-state index in [1.165, 1.54) is 0 Å². The number of hydrogen-bond donors (Lipinski definition) is 2. The summed E-state index contributed by atoms with van der Waals surface area (Å²) in [6.45, 7) is 1.88. The summed E-state index contributed by atoms with van der Waals surface area (Å²) < 4.78 is 5.40. The van der Waals surface area contributed by atoms with Gasteiger partial charge < -0.3 is 10.5 Å². The number of nitriles is 1. The van der Waals surface area contributed by atoms with Crippen molar-refractivity contribution in [3.8, 4) is 11.9 Å².